The molecule has 2 fully saturated rings. The second-order valence-corrected chi connectivity index (χ2v) is 5.27. The highest BCUT2D eigenvalue weighted by Gasteiger charge is 2.36. The van der Waals surface area contributed by atoms with Crippen molar-refractivity contribution in [1.29, 1.82) is 0 Å². The van der Waals surface area contributed by atoms with Gasteiger partial charge in [0, 0.05) is 25.2 Å². The van der Waals surface area contributed by atoms with Crippen LogP contribution in [0, 0.1) is 5.92 Å². The van der Waals surface area contributed by atoms with Crippen LogP contribution in [0.25, 0.3) is 0 Å². The maximum Gasteiger partial charge on any atom is 0.307 e. The third kappa shape index (κ3) is 3.19. The Labute approximate surface area is 104 Å². The van der Waals surface area contributed by atoms with Crippen LogP contribution in [0.1, 0.15) is 33.1 Å². The molecule has 0 aromatic rings. The first kappa shape index (κ1) is 12.8. The standard InChI is InChI=1S/C13H24N2O2/c1-3-17-13(16)7-10(2)15-8-11-5-4-6-14-12(11)9-15/h10-12,14H,3-9H2,1-2H3. The maximum atomic E-state index is 11.5. The fourth-order valence-corrected chi connectivity index (χ4v) is 3.03. The molecule has 2 aliphatic heterocycles. The smallest absolute Gasteiger partial charge is 0.307 e. The largest absolute Gasteiger partial charge is 0.466 e. The van der Waals surface area contributed by atoms with Gasteiger partial charge in [-0.05, 0) is 39.2 Å². The molecule has 1 N–H and O–H groups in total. The zero-order valence-electron chi connectivity index (χ0n) is 10.9. The normalized spacial score (nSPS) is 30.9. The fourth-order valence-electron chi connectivity index (χ4n) is 3.03. The van der Waals surface area contributed by atoms with E-state index in [9.17, 15) is 4.79 Å². The van der Waals surface area contributed by atoms with E-state index in [2.05, 4.69) is 17.1 Å². The van der Waals surface area contributed by atoms with Crippen LogP contribution in [-0.2, 0) is 9.53 Å². The van der Waals surface area contributed by atoms with E-state index in [1.807, 2.05) is 6.92 Å². The molecule has 0 aliphatic carbocycles. The van der Waals surface area contributed by atoms with Crippen molar-refractivity contribution in [2.24, 2.45) is 5.92 Å². The zero-order valence-corrected chi connectivity index (χ0v) is 10.9. The van der Waals surface area contributed by atoms with E-state index in [1.54, 1.807) is 0 Å². The Hall–Kier alpha value is -0.610. The van der Waals surface area contributed by atoms with E-state index in [1.165, 1.54) is 12.8 Å². The number of hydrogen-bond acceptors (Lipinski definition) is 4. The highest BCUT2D eigenvalue weighted by molar-refractivity contribution is 5.70. The highest BCUT2D eigenvalue weighted by atomic mass is 16.5. The molecule has 3 unspecified atom stereocenters. The Morgan fingerprint density at radius 3 is 3.06 bits per heavy atom. The molecule has 0 bridgehead atoms. The summed E-state index contributed by atoms with van der Waals surface area (Å²) in [5, 5.41) is 3.59. The molecule has 2 saturated heterocycles. The van der Waals surface area contributed by atoms with Crippen molar-refractivity contribution in [1.82, 2.24) is 10.2 Å². The quantitative estimate of drug-likeness (QED) is 0.745. The lowest BCUT2D eigenvalue weighted by atomic mass is 9.94. The molecule has 2 heterocycles. The Bertz CT molecular complexity index is 256. The maximum absolute atomic E-state index is 11.5. The van der Waals surface area contributed by atoms with Crippen LogP contribution < -0.4 is 5.32 Å². The summed E-state index contributed by atoms with van der Waals surface area (Å²) in [6.07, 6.45) is 3.15. The topological polar surface area (TPSA) is 41.6 Å². The third-order valence-corrected chi connectivity index (χ3v) is 4.02. The number of carbonyl (C=O) groups excluding carboxylic acids is 1. The van der Waals surface area contributed by atoms with Gasteiger partial charge in [-0.1, -0.05) is 0 Å². The second-order valence-electron chi connectivity index (χ2n) is 5.27. The lowest BCUT2D eigenvalue weighted by Gasteiger charge is -2.25. The number of carbonyl (C=O) groups is 1. The second kappa shape index (κ2) is 5.83. The number of rotatable bonds is 4. The van der Waals surface area contributed by atoms with Crippen molar-refractivity contribution in [2.45, 2.75) is 45.2 Å². The minimum absolute atomic E-state index is 0.0668. The average Bonchev–Trinajstić information content (AvgIpc) is 2.72. The van der Waals surface area contributed by atoms with Gasteiger partial charge in [0.05, 0.1) is 13.0 Å². The lowest BCUT2D eigenvalue weighted by Crippen LogP contribution is -2.41. The van der Waals surface area contributed by atoms with Crippen molar-refractivity contribution < 1.29 is 9.53 Å². The van der Waals surface area contributed by atoms with E-state index in [-0.39, 0.29) is 5.97 Å². The highest BCUT2D eigenvalue weighted by Crippen LogP contribution is 2.26. The molecule has 0 saturated carbocycles. The van der Waals surface area contributed by atoms with Gasteiger partial charge in [0.1, 0.15) is 0 Å². The fraction of sp³-hybridized carbons (Fsp3) is 0.923. The lowest BCUT2D eigenvalue weighted by molar-refractivity contribution is -0.144. The molecule has 0 spiro atoms. The van der Waals surface area contributed by atoms with Gasteiger partial charge in [-0.15, -0.1) is 0 Å². The molecule has 0 amide bonds. The van der Waals surface area contributed by atoms with Crippen LogP contribution in [-0.4, -0.2) is 49.2 Å². The van der Waals surface area contributed by atoms with Crippen LogP contribution in [0.3, 0.4) is 0 Å². The molecule has 0 aromatic heterocycles. The van der Waals surface area contributed by atoms with Crippen LogP contribution in [0.4, 0.5) is 0 Å². The van der Waals surface area contributed by atoms with Crippen molar-refractivity contribution >= 4 is 5.97 Å². The van der Waals surface area contributed by atoms with Gasteiger partial charge in [0.2, 0.25) is 0 Å². The zero-order chi connectivity index (χ0) is 12.3. The van der Waals surface area contributed by atoms with Gasteiger partial charge in [-0.25, -0.2) is 0 Å². The summed E-state index contributed by atoms with van der Waals surface area (Å²) in [6, 6.07) is 0.954. The molecule has 0 aromatic carbocycles. The van der Waals surface area contributed by atoms with Crippen molar-refractivity contribution in [3.8, 4) is 0 Å². The van der Waals surface area contributed by atoms with Crippen LogP contribution in [0.2, 0.25) is 0 Å². The Morgan fingerprint density at radius 2 is 2.35 bits per heavy atom. The molecule has 4 nitrogen and oxygen atoms in total. The van der Waals surface area contributed by atoms with Crippen molar-refractivity contribution in [2.75, 3.05) is 26.2 Å². The summed E-state index contributed by atoms with van der Waals surface area (Å²) in [4.78, 5) is 13.9. The Kier molecular flexibility index (Phi) is 4.40. The Balaban J connectivity index is 1.80. The van der Waals surface area contributed by atoms with Crippen LogP contribution in [0.5, 0.6) is 0 Å². The summed E-state index contributed by atoms with van der Waals surface area (Å²) in [6.45, 7) is 7.86. The molecule has 4 heteroatoms. The SMILES string of the molecule is CCOC(=O)CC(C)N1CC2CCCNC2C1. The number of nitrogens with zero attached hydrogens (tertiary/aromatic N) is 1. The summed E-state index contributed by atoms with van der Waals surface area (Å²) in [7, 11) is 0. The predicted molar refractivity (Wildman–Crippen MR) is 66.8 cm³/mol. The molecular weight excluding hydrogens is 216 g/mol. The summed E-state index contributed by atoms with van der Waals surface area (Å²) >= 11 is 0. The minimum atomic E-state index is -0.0668. The Morgan fingerprint density at radius 1 is 1.53 bits per heavy atom. The number of ether oxygens (including phenoxy) is 1. The first-order chi connectivity index (χ1) is 8.20. The number of likely N-dealkylation sites (tertiary alicyclic amines) is 1. The number of nitrogens with one attached hydrogen (secondary N) is 1. The molecule has 2 rings (SSSR count). The summed E-state index contributed by atoms with van der Waals surface area (Å²) in [5.74, 6) is 0.719. The molecule has 2 aliphatic rings. The van der Waals surface area contributed by atoms with Crippen LogP contribution in [0.15, 0.2) is 0 Å². The third-order valence-electron chi connectivity index (χ3n) is 4.02. The summed E-state index contributed by atoms with van der Waals surface area (Å²) < 4.78 is 5.01. The summed E-state index contributed by atoms with van der Waals surface area (Å²) in [5.41, 5.74) is 0. The van der Waals surface area contributed by atoms with E-state index < -0.39 is 0 Å². The molecular formula is C13H24N2O2. The van der Waals surface area contributed by atoms with E-state index in [0.717, 1.165) is 25.6 Å². The van der Waals surface area contributed by atoms with Gasteiger partial charge in [-0.2, -0.15) is 0 Å². The molecule has 3 atom stereocenters. The van der Waals surface area contributed by atoms with Gasteiger partial charge < -0.3 is 10.1 Å². The first-order valence-electron chi connectivity index (χ1n) is 6.83. The number of fused-ring (bicyclic) bond motifs is 1. The molecule has 98 valence electrons. The van der Waals surface area contributed by atoms with Crippen molar-refractivity contribution in [3.63, 3.8) is 0 Å². The van der Waals surface area contributed by atoms with E-state index in [4.69, 9.17) is 4.74 Å². The van der Waals surface area contributed by atoms with E-state index >= 15 is 0 Å². The number of hydrogen-bond donors (Lipinski definition) is 1. The molecule has 0 radical (unpaired) electrons. The minimum Gasteiger partial charge on any atom is -0.466 e. The van der Waals surface area contributed by atoms with Gasteiger partial charge in [-0.3, -0.25) is 9.69 Å². The van der Waals surface area contributed by atoms with Crippen molar-refractivity contribution in [3.05, 3.63) is 0 Å². The average molecular weight is 240 g/mol. The molecule has 17 heavy (non-hydrogen) atoms. The van der Waals surface area contributed by atoms with Gasteiger partial charge in [0.25, 0.3) is 0 Å². The first-order valence-corrected chi connectivity index (χ1v) is 6.83. The van der Waals surface area contributed by atoms with E-state index in [0.29, 0.717) is 25.1 Å². The monoisotopic (exact) mass is 240 g/mol. The van der Waals surface area contributed by atoms with Gasteiger partial charge >= 0.3 is 5.97 Å². The van der Waals surface area contributed by atoms with Crippen LogP contribution >= 0.6 is 0 Å². The number of esters is 1. The van der Waals surface area contributed by atoms with Gasteiger partial charge in [0.15, 0.2) is 0 Å². The number of piperidine rings is 1. The predicted octanol–water partition coefficient (Wildman–Crippen LogP) is 1.01.